The van der Waals surface area contributed by atoms with Gasteiger partial charge in [0.05, 0.1) is 13.2 Å². The number of carbonyl (C=O) groups excluding carboxylic acids is 1. The number of alkyl halides is 2. The number of ether oxygens (including phenoxy) is 2. The van der Waals surface area contributed by atoms with Gasteiger partial charge < -0.3 is 14.4 Å². The summed E-state index contributed by atoms with van der Waals surface area (Å²) in [4.78, 5) is 16.9. The van der Waals surface area contributed by atoms with Gasteiger partial charge in [0, 0.05) is 12.1 Å². The van der Waals surface area contributed by atoms with Crippen LogP contribution in [0.5, 0.6) is 0 Å². The largest absolute Gasteiger partial charge is 0.444 e. The number of hydrogen-bond donors (Lipinski definition) is 0. The van der Waals surface area contributed by atoms with Gasteiger partial charge in [0.25, 0.3) is 0 Å². The molecule has 0 aliphatic carbocycles. The van der Waals surface area contributed by atoms with Gasteiger partial charge in [-0.2, -0.15) is 8.78 Å². The van der Waals surface area contributed by atoms with Crippen LogP contribution in [0.3, 0.4) is 0 Å². The Labute approximate surface area is 148 Å². The van der Waals surface area contributed by atoms with Crippen LogP contribution >= 0.6 is 23.2 Å². The fraction of sp³-hybridized carbons (Fsp3) is 0.600. The van der Waals surface area contributed by atoms with Crippen molar-refractivity contribution in [2.24, 2.45) is 0 Å². The molecule has 0 N–H and O–H groups in total. The number of aromatic nitrogens is 1. The van der Waals surface area contributed by atoms with Gasteiger partial charge in [-0.05, 0) is 32.9 Å². The highest BCUT2D eigenvalue weighted by molar-refractivity contribution is 6.32. The minimum atomic E-state index is -3.39. The monoisotopic (exact) mass is 382 g/mol. The van der Waals surface area contributed by atoms with E-state index >= 15 is 0 Å². The van der Waals surface area contributed by atoms with Crippen LogP contribution in [0.15, 0.2) is 12.1 Å². The Morgan fingerprint density at radius 2 is 1.92 bits per heavy atom. The average Bonchev–Trinajstić information content (AvgIpc) is 2.44. The highest BCUT2D eigenvalue weighted by Gasteiger charge is 2.46. The molecule has 2 rings (SSSR count). The molecule has 0 aromatic carbocycles. The number of hydrogen-bond acceptors (Lipinski definition) is 4. The Balaban J connectivity index is 2.17. The maximum absolute atomic E-state index is 14.7. The zero-order chi connectivity index (χ0) is 18.1. The third kappa shape index (κ3) is 4.68. The predicted octanol–water partition coefficient (Wildman–Crippen LogP) is 4.12. The molecule has 1 aromatic rings. The molecule has 1 amide bonds. The minimum absolute atomic E-state index is 0.0218. The summed E-state index contributed by atoms with van der Waals surface area (Å²) in [6.07, 6.45) is -2.19. The molecule has 0 spiro atoms. The van der Waals surface area contributed by atoms with Gasteiger partial charge in [-0.3, -0.25) is 0 Å². The van der Waals surface area contributed by atoms with E-state index in [0.29, 0.717) is 0 Å². The topological polar surface area (TPSA) is 51.7 Å². The third-order valence-electron chi connectivity index (χ3n) is 3.27. The first-order valence-electron chi connectivity index (χ1n) is 7.30. The van der Waals surface area contributed by atoms with Crippen LogP contribution in [-0.4, -0.2) is 47.4 Å². The fourth-order valence-electron chi connectivity index (χ4n) is 2.20. The van der Waals surface area contributed by atoms with E-state index in [2.05, 4.69) is 4.98 Å². The Bertz CT molecular complexity index is 603. The molecule has 24 heavy (non-hydrogen) atoms. The predicted molar refractivity (Wildman–Crippen MR) is 85.7 cm³/mol. The summed E-state index contributed by atoms with van der Waals surface area (Å²) in [5, 5.41) is -0.283. The average molecular weight is 383 g/mol. The number of rotatable bonds is 2. The highest BCUT2D eigenvalue weighted by Crippen LogP contribution is 2.37. The lowest BCUT2D eigenvalue weighted by Crippen LogP contribution is -2.52. The second-order valence-electron chi connectivity index (χ2n) is 6.41. The molecule has 1 aromatic heterocycles. The quantitative estimate of drug-likeness (QED) is 0.722. The number of halogens is 4. The van der Waals surface area contributed by atoms with Gasteiger partial charge in [0.2, 0.25) is 0 Å². The van der Waals surface area contributed by atoms with Crippen LogP contribution in [0.25, 0.3) is 0 Å². The van der Waals surface area contributed by atoms with Crippen LogP contribution < -0.4 is 0 Å². The lowest BCUT2D eigenvalue weighted by atomic mass is 10.0. The zero-order valence-corrected chi connectivity index (χ0v) is 15.0. The summed E-state index contributed by atoms with van der Waals surface area (Å²) in [7, 11) is 0. The van der Waals surface area contributed by atoms with E-state index in [-0.39, 0.29) is 30.0 Å². The number of amides is 1. The van der Waals surface area contributed by atoms with Crippen molar-refractivity contribution in [3.8, 4) is 0 Å². The van der Waals surface area contributed by atoms with E-state index < -0.39 is 29.3 Å². The lowest BCUT2D eigenvalue weighted by molar-refractivity contribution is -0.170. The molecule has 1 aliphatic rings. The normalized spacial score (nSPS) is 19.3. The number of pyridine rings is 1. The number of morpholine rings is 1. The molecule has 0 radical (unpaired) electrons. The van der Waals surface area contributed by atoms with Crippen LogP contribution in [0.1, 0.15) is 26.3 Å². The van der Waals surface area contributed by atoms with Crippen molar-refractivity contribution in [1.29, 1.82) is 0 Å². The minimum Gasteiger partial charge on any atom is -0.444 e. The van der Waals surface area contributed by atoms with Crippen molar-refractivity contribution in [3.63, 3.8) is 0 Å². The standard InChI is InChI=1S/C15H18Cl2F2N2O3/c1-14(2,3)24-13(22)21-4-5-23-10(8-21)15(18,19)9-6-11(16)20-12(17)7-9/h6-7,10H,4-5,8H2,1-3H3/t10-/m0/s1. The SMILES string of the molecule is CC(C)(C)OC(=O)N1CCO[C@H](C(F)(F)c2cc(Cl)nc(Cl)c2)C1. The molecule has 9 heteroatoms. The Hall–Kier alpha value is -1.18. The van der Waals surface area contributed by atoms with Crippen molar-refractivity contribution < 1.29 is 23.0 Å². The summed E-state index contributed by atoms with van der Waals surface area (Å²) in [6, 6.07) is 2.06. The maximum atomic E-state index is 14.7. The first-order chi connectivity index (χ1) is 11.0. The van der Waals surface area contributed by atoms with E-state index in [1.54, 1.807) is 20.8 Å². The summed E-state index contributed by atoms with van der Waals surface area (Å²) in [6.45, 7) is 4.97. The zero-order valence-electron chi connectivity index (χ0n) is 13.5. The molecule has 1 fully saturated rings. The maximum Gasteiger partial charge on any atom is 0.410 e. The molecule has 0 unspecified atom stereocenters. The van der Waals surface area contributed by atoms with Crippen molar-refractivity contribution in [2.45, 2.75) is 38.4 Å². The van der Waals surface area contributed by atoms with E-state index in [1.165, 1.54) is 4.90 Å². The highest BCUT2D eigenvalue weighted by atomic mass is 35.5. The van der Waals surface area contributed by atoms with Gasteiger partial charge in [0.1, 0.15) is 22.0 Å². The van der Waals surface area contributed by atoms with Crippen molar-refractivity contribution in [2.75, 3.05) is 19.7 Å². The second kappa shape index (κ2) is 6.98. The van der Waals surface area contributed by atoms with Gasteiger partial charge >= 0.3 is 12.0 Å². The van der Waals surface area contributed by atoms with Crippen LogP contribution in [0, 0.1) is 0 Å². The first-order valence-corrected chi connectivity index (χ1v) is 8.05. The summed E-state index contributed by atoms with van der Waals surface area (Å²) >= 11 is 11.4. The summed E-state index contributed by atoms with van der Waals surface area (Å²) in [5.74, 6) is -3.39. The number of carbonyl (C=O) groups is 1. The molecular formula is C15H18Cl2F2N2O3. The molecule has 0 saturated carbocycles. The molecule has 0 bridgehead atoms. The van der Waals surface area contributed by atoms with E-state index in [0.717, 1.165) is 12.1 Å². The summed E-state index contributed by atoms with van der Waals surface area (Å²) < 4.78 is 39.9. The van der Waals surface area contributed by atoms with Gasteiger partial charge in [0.15, 0.2) is 0 Å². The third-order valence-corrected chi connectivity index (χ3v) is 3.66. The van der Waals surface area contributed by atoms with Gasteiger partial charge in [-0.1, -0.05) is 23.2 Å². The van der Waals surface area contributed by atoms with Crippen LogP contribution in [-0.2, 0) is 15.4 Å². The molecular weight excluding hydrogens is 365 g/mol. The van der Waals surface area contributed by atoms with E-state index in [9.17, 15) is 13.6 Å². The molecule has 5 nitrogen and oxygen atoms in total. The number of nitrogens with zero attached hydrogens (tertiary/aromatic N) is 2. The summed E-state index contributed by atoms with van der Waals surface area (Å²) in [5.41, 5.74) is -1.12. The van der Waals surface area contributed by atoms with Crippen molar-refractivity contribution in [3.05, 3.63) is 28.0 Å². The van der Waals surface area contributed by atoms with Gasteiger partial charge in [-0.15, -0.1) is 0 Å². The lowest BCUT2D eigenvalue weighted by Gasteiger charge is -2.37. The van der Waals surface area contributed by atoms with Crippen molar-refractivity contribution in [1.82, 2.24) is 9.88 Å². The second-order valence-corrected chi connectivity index (χ2v) is 7.18. The Morgan fingerprint density at radius 3 is 2.46 bits per heavy atom. The molecule has 1 saturated heterocycles. The van der Waals surface area contributed by atoms with Crippen molar-refractivity contribution >= 4 is 29.3 Å². The van der Waals surface area contributed by atoms with E-state index in [4.69, 9.17) is 32.7 Å². The Kier molecular flexibility index (Phi) is 5.57. The molecule has 1 aliphatic heterocycles. The Morgan fingerprint density at radius 1 is 1.33 bits per heavy atom. The molecule has 1 atom stereocenters. The molecule has 134 valence electrons. The fourth-order valence-corrected chi connectivity index (χ4v) is 2.66. The molecule has 2 heterocycles. The smallest absolute Gasteiger partial charge is 0.410 e. The van der Waals surface area contributed by atoms with Crippen LogP contribution in [0.4, 0.5) is 13.6 Å². The van der Waals surface area contributed by atoms with E-state index in [1.807, 2.05) is 0 Å². The van der Waals surface area contributed by atoms with Gasteiger partial charge in [-0.25, -0.2) is 9.78 Å². The van der Waals surface area contributed by atoms with Crippen LogP contribution in [0.2, 0.25) is 10.3 Å². The first kappa shape index (κ1) is 19.1.